The van der Waals surface area contributed by atoms with E-state index in [-0.39, 0.29) is 12.8 Å². The maximum absolute atomic E-state index is 13.0. The molecule has 0 aromatic heterocycles. The summed E-state index contributed by atoms with van der Waals surface area (Å²) >= 11 is 0. The molecule has 5 unspecified atom stereocenters. The number of rotatable bonds is 40. The van der Waals surface area contributed by atoms with Crippen molar-refractivity contribution in [1.29, 1.82) is 0 Å². The summed E-state index contributed by atoms with van der Waals surface area (Å²) in [5.41, 5.74) is 0. The first-order chi connectivity index (χ1) is 32.5. The number of hydrogen-bond acceptors (Lipinski definition) is 14. The van der Waals surface area contributed by atoms with Crippen molar-refractivity contribution in [3.63, 3.8) is 0 Å². The molecule has 19 heteroatoms. The summed E-state index contributed by atoms with van der Waals surface area (Å²) < 4.78 is 49.3. The van der Waals surface area contributed by atoms with Crippen molar-refractivity contribution in [1.82, 2.24) is 0 Å². The Morgan fingerprint density at radius 3 is 1.60 bits per heavy atom. The molecule has 1 aliphatic rings. The highest BCUT2D eigenvalue weighted by Gasteiger charge is 2.54. The quantitative estimate of drug-likeness (QED) is 0.00938. The van der Waals surface area contributed by atoms with E-state index in [1.807, 2.05) is 49.5 Å². The fraction of sp³-hybridized carbons (Fsp3) is 0.714. The minimum atomic E-state index is -5.38. The van der Waals surface area contributed by atoms with E-state index >= 15 is 0 Å². The van der Waals surface area contributed by atoms with Gasteiger partial charge in [0.15, 0.2) is 6.10 Å². The Morgan fingerprint density at radius 1 is 0.544 bits per heavy atom. The fourth-order valence-corrected chi connectivity index (χ4v) is 8.49. The molecule has 0 aromatic rings. The number of carbonyl (C=O) groups is 2. The predicted molar refractivity (Wildman–Crippen MR) is 261 cm³/mol. The molecule has 0 saturated heterocycles. The van der Waals surface area contributed by atoms with E-state index in [9.17, 15) is 58.9 Å². The number of aliphatic hydroxyl groups is 5. The van der Waals surface area contributed by atoms with Gasteiger partial charge in [-0.2, -0.15) is 0 Å². The zero-order valence-corrected chi connectivity index (χ0v) is 42.2. The third-order valence-corrected chi connectivity index (χ3v) is 12.4. The third kappa shape index (κ3) is 33.1. The summed E-state index contributed by atoms with van der Waals surface area (Å²) in [6.45, 7) is 2.73. The fourth-order valence-electron chi connectivity index (χ4n) is 6.95. The Bertz CT molecular complexity index is 1610. The van der Waals surface area contributed by atoms with Crippen LogP contribution in [0.5, 0.6) is 0 Å². The van der Waals surface area contributed by atoms with Crippen molar-refractivity contribution in [2.24, 2.45) is 0 Å². The minimum Gasteiger partial charge on any atom is -0.462 e. The van der Waals surface area contributed by atoms with Gasteiger partial charge in [-0.15, -0.1) is 0 Å². The van der Waals surface area contributed by atoms with Crippen molar-refractivity contribution in [3.05, 3.63) is 72.9 Å². The SMILES string of the molecule is CCCCCCCC/C=C\CCCCCCCCCC(=O)O[C@H](COC(=O)CCC/C=C\C/C=C\C/C=C\C/C=C\C=C\[C@@H](O)CC)COP(=O)(O)O[C@H]1C(O)C(O)C(O)[C@@H](OP(=O)(O)O)C1O. The summed E-state index contributed by atoms with van der Waals surface area (Å²) in [6, 6.07) is 0. The van der Waals surface area contributed by atoms with Gasteiger partial charge in [-0.05, 0) is 70.6 Å². The van der Waals surface area contributed by atoms with E-state index in [1.165, 1.54) is 38.5 Å². The van der Waals surface area contributed by atoms with Crippen LogP contribution in [0.3, 0.4) is 0 Å². The second-order valence-electron chi connectivity index (χ2n) is 17.0. The Labute approximate surface area is 404 Å². The average molecular weight is 1010 g/mol. The molecule has 17 nitrogen and oxygen atoms in total. The van der Waals surface area contributed by atoms with Gasteiger partial charge in [0.25, 0.3) is 0 Å². The number of unbranched alkanes of at least 4 members (excludes halogenated alkanes) is 14. The number of hydrogen-bond donors (Lipinski definition) is 8. The Morgan fingerprint density at radius 2 is 1.03 bits per heavy atom. The molecule has 9 atom stereocenters. The van der Waals surface area contributed by atoms with Crippen LogP contribution in [-0.4, -0.2) is 114 Å². The summed E-state index contributed by atoms with van der Waals surface area (Å²) in [5.74, 6) is -1.30. The van der Waals surface area contributed by atoms with Crippen LogP contribution >= 0.6 is 15.6 Å². The van der Waals surface area contributed by atoms with Crippen LogP contribution in [0.2, 0.25) is 0 Å². The number of allylic oxidation sites excluding steroid dienone is 11. The van der Waals surface area contributed by atoms with Gasteiger partial charge in [0.1, 0.15) is 43.2 Å². The number of carbonyl (C=O) groups excluding carboxylic acids is 2. The summed E-state index contributed by atoms with van der Waals surface area (Å²) in [5, 5.41) is 50.8. The number of phosphoric ester groups is 2. The summed E-state index contributed by atoms with van der Waals surface area (Å²) in [4.78, 5) is 54.3. The lowest BCUT2D eigenvalue weighted by atomic mass is 9.85. The molecule has 68 heavy (non-hydrogen) atoms. The number of aliphatic hydroxyl groups excluding tert-OH is 5. The van der Waals surface area contributed by atoms with Crippen molar-refractivity contribution < 1.29 is 82.0 Å². The Hall–Kier alpha value is -2.60. The molecule has 1 fully saturated rings. The highest BCUT2D eigenvalue weighted by atomic mass is 31.2. The van der Waals surface area contributed by atoms with Gasteiger partial charge in [0.2, 0.25) is 0 Å². The molecule has 1 saturated carbocycles. The maximum Gasteiger partial charge on any atom is 0.472 e. The van der Waals surface area contributed by atoms with Gasteiger partial charge in [-0.25, -0.2) is 9.13 Å². The highest BCUT2D eigenvalue weighted by molar-refractivity contribution is 7.47. The lowest BCUT2D eigenvalue weighted by Gasteiger charge is -2.43. The second-order valence-corrected chi connectivity index (χ2v) is 19.6. The first kappa shape index (κ1) is 63.4. The summed E-state index contributed by atoms with van der Waals surface area (Å²) in [6.07, 6.45) is 29.5. The molecular weight excluding hydrogens is 922 g/mol. The molecule has 0 spiro atoms. The van der Waals surface area contributed by atoms with Gasteiger partial charge in [0.05, 0.1) is 12.7 Å². The van der Waals surface area contributed by atoms with Crippen molar-refractivity contribution >= 4 is 27.6 Å². The molecule has 1 rings (SSSR count). The molecular formula is C49H84O17P2. The van der Waals surface area contributed by atoms with Crippen LogP contribution < -0.4 is 0 Å². The van der Waals surface area contributed by atoms with Gasteiger partial charge < -0.3 is 49.7 Å². The topological polar surface area (TPSA) is 276 Å². The van der Waals surface area contributed by atoms with E-state index in [0.717, 1.165) is 64.2 Å². The molecule has 0 aliphatic heterocycles. The van der Waals surface area contributed by atoms with Crippen LogP contribution in [0.1, 0.15) is 162 Å². The van der Waals surface area contributed by atoms with E-state index in [4.69, 9.17) is 18.5 Å². The largest absolute Gasteiger partial charge is 0.472 e. The number of ether oxygens (including phenoxy) is 2. The maximum atomic E-state index is 13.0. The van der Waals surface area contributed by atoms with Crippen LogP contribution in [-0.2, 0) is 41.8 Å². The van der Waals surface area contributed by atoms with Gasteiger partial charge in [0, 0.05) is 12.8 Å². The lowest BCUT2D eigenvalue weighted by molar-refractivity contribution is -0.216. The average Bonchev–Trinajstić information content (AvgIpc) is 3.29. The predicted octanol–water partition coefficient (Wildman–Crippen LogP) is 8.59. The van der Waals surface area contributed by atoms with E-state index in [2.05, 4.69) is 35.8 Å². The number of phosphoric acid groups is 2. The minimum absolute atomic E-state index is 0.0167. The number of esters is 2. The molecule has 0 heterocycles. The smallest absolute Gasteiger partial charge is 0.462 e. The molecule has 392 valence electrons. The van der Waals surface area contributed by atoms with Crippen LogP contribution in [0.25, 0.3) is 0 Å². The normalized spacial score (nSPS) is 22.3. The molecule has 0 amide bonds. The first-order valence-corrected chi connectivity index (χ1v) is 27.6. The Balaban J connectivity index is 2.62. The van der Waals surface area contributed by atoms with Crippen LogP contribution in [0.4, 0.5) is 0 Å². The standard InChI is InChI=1S/C49H84O17P2/c1-3-5-6-7-8-9-10-11-12-13-14-19-22-25-28-31-34-37-43(52)64-41(39-63-68(60,61)66-49-46(55)44(53)45(54)48(47(49)56)65-67(57,58)59)38-62-42(51)36-33-30-27-24-21-18-16-15-17-20-23-26-29-32-35-40(50)4-2/h11-12,16-18,20,24,26-27,29,32,35,40-41,44-50,53-56H,3-10,13-15,19,21-23,25,28,30-31,33-34,36-39H2,1-2H3,(H,60,61)(H2,57,58,59)/b12-11-,18-16-,20-17-,27-24-,29-26-,35-32+/t40-,41+,44?,45?,46?,47?,48+,49-/m0/s1. The second kappa shape index (κ2) is 39.1. The van der Waals surface area contributed by atoms with Crippen molar-refractivity contribution in [2.75, 3.05) is 13.2 Å². The van der Waals surface area contributed by atoms with Crippen LogP contribution in [0, 0.1) is 0 Å². The van der Waals surface area contributed by atoms with E-state index in [0.29, 0.717) is 32.1 Å². The van der Waals surface area contributed by atoms with Crippen LogP contribution in [0.15, 0.2) is 72.9 Å². The lowest BCUT2D eigenvalue weighted by Crippen LogP contribution is -2.64. The molecule has 0 bridgehead atoms. The van der Waals surface area contributed by atoms with E-state index in [1.54, 1.807) is 6.08 Å². The van der Waals surface area contributed by atoms with E-state index < -0.39 is 89.6 Å². The van der Waals surface area contributed by atoms with Gasteiger partial charge >= 0.3 is 27.6 Å². The zero-order valence-electron chi connectivity index (χ0n) is 40.4. The third-order valence-electron chi connectivity index (χ3n) is 10.9. The van der Waals surface area contributed by atoms with Crippen molar-refractivity contribution in [3.8, 4) is 0 Å². The molecule has 8 N–H and O–H groups in total. The summed E-state index contributed by atoms with van der Waals surface area (Å²) in [7, 11) is -10.7. The Kier molecular flexibility index (Phi) is 36.4. The van der Waals surface area contributed by atoms with Crippen molar-refractivity contribution in [2.45, 2.75) is 210 Å². The van der Waals surface area contributed by atoms with Gasteiger partial charge in [-0.1, -0.05) is 151 Å². The van der Waals surface area contributed by atoms with Gasteiger partial charge in [-0.3, -0.25) is 23.2 Å². The first-order valence-electron chi connectivity index (χ1n) is 24.6. The monoisotopic (exact) mass is 1010 g/mol. The highest BCUT2D eigenvalue weighted by Crippen LogP contribution is 2.49. The molecule has 1 aliphatic carbocycles. The zero-order chi connectivity index (χ0) is 50.5. The molecule has 0 radical (unpaired) electrons. The molecule has 0 aromatic carbocycles.